The van der Waals surface area contributed by atoms with E-state index >= 15 is 0 Å². The lowest BCUT2D eigenvalue weighted by Gasteiger charge is -2.41. The fourth-order valence-electron chi connectivity index (χ4n) is 5.47. The number of amides is 1. The number of fused-ring (bicyclic) bond motifs is 2. The van der Waals surface area contributed by atoms with Crippen molar-refractivity contribution in [3.05, 3.63) is 35.4 Å². The molecule has 0 unspecified atom stereocenters. The molecule has 0 aromatic heterocycles. The average Bonchev–Trinajstić information content (AvgIpc) is 3.09. The van der Waals surface area contributed by atoms with Crippen LogP contribution in [0.15, 0.2) is 29.4 Å². The summed E-state index contributed by atoms with van der Waals surface area (Å²) < 4.78 is 35.7. The van der Waals surface area contributed by atoms with Gasteiger partial charge in [0.05, 0.1) is 36.3 Å². The molecule has 3 heterocycles. The van der Waals surface area contributed by atoms with Crippen LogP contribution in [0.2, 0.25) is 0 Å². The first-order chi connectivity index (χ1) is 15.2. The van der Waals surface area contributed by atoms with Gasteiger partial charge in [0.25, 0.3) is 0 Å². The minimum Gasteiger partial charge on any atom is -0.493 e. The molecule has 0 N–H and O–H groups in total. The lowest BCUT2D eigenvalue weighted by atomic mass is 9.75. The van der Waals surface area contributed by atoms with E-state index in [1.807, 2.05) is 12.1 Å². The summed E-state index contributed by atoms with van der Waals surface area (Å²) >= 11 is 0. The molecular formula is C24H30N2O5S. The zero-order chi connectivity index (χ0) is 22.7. The van der Waals surface area contributed by atoms with E-state index in [1.165, 1.54) is 0 Å². The van der Waals surface area contributed by atoms with Gasteiger partial charge in [-0.25, -0.2) is 13.4 Å². The molecular weight excluding hydrogens is 428 g/mol. The molecule has 0 bridgehead atoms. The molecule has 8 heteroatoms. The van der Waals surface area contributed by atoms with Crippen LogP contribution < -0.4 is 9.47 Å². The van der Waals surface area contributed by atoms with E-state index in [9.17, 15) is 13.2 Å². The summed E-state index contributed by atoms with van der Waals surface area (Å²) in [6.07, 6.45) is 7.28. The van der Waals surface area contributed by atoms with Crippen LogP contribution >= 0.6 is 0 Å². The van der Waals surface area contributed by atoms with Gasteiger partial charge >= 0.3 is 0 Å². The van der Waals surface area contributed by atoms with Crippen LogP contribution in [0, 0.1) is 11.8 Å². The number of allylic oxidation sites excluding steroid dienone is 2. The van der Waals surface area contributed by atoms with Gasteiger partial charge in [-0.05, 0) is 51.7 Å². The van der Waals surface area contributed by atoms with Crippen LogP contribution in [0.1, 0.15) is 50.7 Å². The third-order valence-electron chi connectivity index (χ3n) is 7.11. The molecule has 3 aliphatic heterocycles. The zero-order valence-corrected chi connectivity index (χ0v) is 19.7. The topological polar surface area (TPSA) is 85.3 Å². The molecule has 0 spiro atoms. The SMILES string of the molecule is COc1ccc(C2=NN(C3CCS(=O)(=O)CC3)C(=O)[C@@H]3CC=CC[C@H]23)c2c1OC(C)(C)C2. The number of hydrazone groups is 1. The quantitative estimate of drug-likeness (QED) is 0.650. The first-order valence-corrected chi connectivity index (χ1v) is 13.2. The molecule has 2 atom stereocenters. The second-order valence-electron chi connectivity index (χ2n) is 9.87. The number of benzene rings is 1. The van der Waals surface area contributed by atoms with Crippen LogP contribution in [0.25, 0.3) is 0 Å². The first-order valence-electron chi connectivity index (χ1n) is 11.4. The van der Waals surface area contributed by atoms with Gasteiger partial charge in [-0.2, -0.15) is 5.10 Å². The Morgan fingerprint density at radius 2 is 1.81 bits per heavy atom. The van der Waals surface area contributed by atoms with Gasteiger partial charge in [0, 0.05) is 23.5 Å². The number of hydrogen-bond donors (Lipinski definition) is 0. The predicted molar refractivity (Wildman–Crippen MR) is 122 cm³/mol. The summed E-state index contributed by atoms with van der Waals surface area (Å²) in [5, 5.41) is 6.56. The molecule has 1 aliphatic carbocycles. The second-order valence-corrected chi connectivity index (χ2v) is 12.2. The Morgan fingerprint density at radius 3 is 2.50 bits per heavy atom. The number of nitrogens with zero attached hydrogens (tertiary/aromatic N) is 2. The molecule has 5 rings (SSSR count). The minimum atomic E-state index is -3.02. The van der Waals surface area contributed by atoms with Crippen molar-refractivity contribution >= 4 is 21.5 Å². The van der Waals surface area contributed by atoms with Crippen LogP contribution in [0.5, 0.6) is 11.5 Å². The van der Waals surface area contributed by atoms with Crippen LogP contribution in [0.3, 0.4) is 0 Å². The number of sulfone groups is 1. The smallest absolute Gasteiger partial charge is 0.247 e. The maximum Gasteiger partial charge on any atom is 0.247 e. The van der Waals surface area contributed by atoms with Gasteiger partial charge in [0.2, 0.25) is 5.91 Å². The molecule has 1 fully saturated rings. The molecule has 0 saturated carbocycles. The van der Waals surface area contributed by atoms with Crippen molar-refractivity contribution in [3.63, 3.8) is 0 Å². The monoisotopic (exact) mass is 458 g/mol. The largest absolute Gasteiger partial charge is 0.493 e. The summed E-state index contributed by atoms with van der Waals surface area (Å²) in [5.41, 5.74) is 2.65. The Kier molecular flexibility index (Phi) is 5.11. The Morgan fingerprint density at radius 1 is 1.12 bits per heavy atom. The Labute approximate surface area is 189 Å². The van der Waals surface area contributed by atoms with E-state index in [1.54, 1.807) is 12.1 Å². The van der Waals surface area contributed by atoms with E-state index in [0.717, 1.165) is 35.4 Å². The Hall–Kier alpha value is -2.35. The Bertz CT molecular complexity index is 1110. The maximum absolute atomic E-state index is 13.4. The van der Waals surface area contributed by atoms with E-state index in [-0.39, 0.29) is 40.9 Å². The van der Waals surface area contributed by atoms with Crippen LogP contribution in [0.4, 0.5) is 0 Å². The maximum atomic E-state index is 13.4. The molecule has 32 heavy (non-hydrogen) atoms. The second kappa shape index (κ2) is 7.61. The molecule has 1 aromatic carbocycles. The fourth-order valence-corrected chi connectivity index (χ4v) is 6.94. The van der Waals surface area contributed by atoms with Gasteiger partial charge < -0.3 is 9.47 Å². The van der Waals surface area contributed by atoms with Crippen LogP contribution in [-0.2, 0) is 21.1 Å². The van der Waals surface area contributed by atoms with E-state index in [2.05, 4.69) is 26.0 Å². The molecule has 0 radical (unpaired) electrons. The molecule has 1 amide bonds. The van der Waals surface area contributed by atoms with Crippen molar-refractivity contribution in [2.45, 2.75) is 57.6 Å². The minimum absolute atomic E-state index is 0.0114. The zero-order valence-electron chi connectivity index (χ0n) is 18.8. The number of carbonyl (C=O) groups excluding carboxylic acids is 1. The lowest BCUT2D eigenvalue weighted by molar-refractivity contribution is -0.140. The van der Waals surface area contributed by atoms with Crippen molar-refractivity contribution < 1.29 is 22.7 Å². The van der Waals surface area contributed by atoms with E-state index in [0.29, 0.717) is 25.0 Å². The molecule has 1 saturated heterocycles. The molecule has 172 valence electrons. The first kappa shape index (κ1) is 21.5. The average molecular weight is 459 g/mol. The van der Waals surface area contributed by atoms with Crippen molar-refractivity contribution in [1.82, 2.24) is 5.01 Å². The van der Waals surface area contributed by atoms with Gasteiger partial charge in [0.1, 0.15) is 15.4 Å². The fraction of sp³-hybridized carbons (Fsp3) is 0.583. The van der Waals surface area contributed by atoms with Gasteiger partial charge in [0.15, 0.2) is 11.5 Å². The van der Waals surface area contributed by atoms with Crippen molar-refractivity contribution in [3.8, 4) is 11.5 Å². The number of hydrogen-bond acceptors (Lipinski definition) is 6. The highest BCUT2D eigenvalue weighted by atomic mass is 32.2. The van der Waals surface area contributed by atoms with E-state index < -0.39 is 9.84 Å². The van der Waals surface area contributed by atoms with Crippen molar-refractivity contribution in [2.24, 2.45) is 16.9 Å². The standard InChI is InChI=1S/C24H30N2O5S/c1-24(2)14-19-17(8-9-20(30-3)22(19)31-24)21-16-6-4-5-7-18(16)23(27)26(25-21)15-10-12-32(28,29)13-11-15/h4-5,8-9,15-16,18H,6-7,10-14H2,1-3H3/t16-,18+/m0/s1. The number of ether oxygens (including phenoxy) is 2. The molecule has 4 aliphatic rings. The Balaban J connectivity index is 1.60. The van der Waals surface area contributed by atoms with E-state index in [4.69, 9.17) is 14.6 Å². The van der Waals surface area contributed by atoms with Gasteiger partial charge in [-0.15, -0.1) is 0 Å². The summed E-state index contributed by atoms with van der Waals surface area (Å²) in [4.78, 5) is 13.4. The normalized spacial score (nSPS) is 28.5. The lowest BCUT2D eigenvalue weighted by Crippen LogP contribution is -2.51. The predicted octanol–water partition coefficient (Wildman–Crippen LogP) is 3.11. The highest BCUT2D eigenvalue weighted by Gasteiger charge is 2.45. The third-order valence-corrected chi connectivity index (χ3v) is 8.83. The summed E-state index contributed by atoms with van der Waals surface area (Å²) in [6.45, 7) is 4.12. The van der Waals surface area contributed by atoms with Gasteiger partial charge in [-0.3, -0.25) is 4.79 Å². The molecule has 7 nitrogen and oxygen atoms in total. The highest BCUT2D eigenvalue weighted by Crippen LogP contribution is 2.46. The summed E-state index contributed by atoms with van der Waals surface area (Å²) in [6, 6.07) is 3.78. The van der Waals surface area contributed by atoms with Crippen LogP contribution in [-0.4, -0.2) is 55.3 Å². The number of methoxy groups -OCH3 is 1. The van der Waals surface area contributed by atoms with Gasteiger partial charge in [-0.1, -0.05) is 12.2 Å². The van der Waals surface area contributed by atoms with Crippen molar-refractivity contribution in [2.75, 3.05) is 18.6 Å². The summed E-state index contributed by atoms with van der Waals surface area (Å²) in [5.74, 6) is 1.55. The number of rotatable bonds is 3. The molecule has 1 aromatic rings. The summed E-state index contributed by atoms with van der Waals surface area (Å²) in [7, 11) is -1.38. The number of carbonyl (C=O) groups is 1. The third kappa shape index (κ3) is 3.62. The van der Waals surface area contributed by atoms with Crippen molar-refractivity contribution in [1.29, 1.82) is 0 Å². The highest BCUT2D eigenvalue weighted by molar-refractivity contribution is 7.91.